The molecule has 0 saturated carbocycles. The SMILES string of the molecule is C/C(=C\c1ccc(S(=O)(=O)[O-])cc1)c1ccc2c(c1)C(C)(C)CCC2(C)C.[Na+]. The zero-order valence-corrected chi connectivity index (χ0v) is 20.5. The molecule has 0 aromatic heterocycles. The molecule has 0 radical (unpaired) electrons. The van der Waals surface area contributed by atoms with E-state index in [9.17, 15) is 13.0 Å². The topological polar surface area (TPSA) is 57.2 Å². The Balaban J connectivity index is 0.00000280. The number of fused-ring (bicyclic) bond motifs is 1. The number of allylic oxidation sites excluding steroid dienone is 1. The van der Waals surface area contributed by atoms with Crippen molar-refractivity contribution < 1.29 is 42.5 Å². The molecule has 0 spiro atoms. The molecular weight excluding hydrogens is 379 g/mol. The molecule has 3 rings (SSSR count). The minimum absolute atomic E-state index is 0. The number of rotatable bonds is 3. The minimum atomic E-state index is -4.41. The van der Waals surface area contributed by atoms with Crippen LogP contribution >= 0.6 is 0 Å². The zero-order chi connectivity index (χ0) is 20.0. The van der Waals surface area contributed by atoms with Crippen molar-refractivity contribution in [2.45, 2.75) is 63.2 Å². The van der Waals surface area contributed by atoms with Crippen LogP contribution in [0, 0.1) is 0 Å². The summed E-state index contributed by atoms with van der Waals surface area (Å²) in [6, 6.07) is 12.8. The molecule has 5 heteroatoms. The smallest absolute Gasteiger partial charge is 0.744 e. The van der Waals surface area contributed by atoms with Crippen LogP contribution in [0.2, 0.25) is 0 Å². The van der Waals surface area contributed by atoms with Crippen LogP contribution in [-0.4, -0.2) is 13.0 Å². The second-order valence-electron chi connectivity index (χ2n) is 8.88. The first-order valence-electron chi connectivity index (χ1n) is 9.30. The first-order valence-corrected chi connectivity index (χ1v) is 10.7. The summed E-state index contributed by atoms with van der Waals surface area (Å²) in [5.74, 6) is 0. The summed E-state index contributed by atoms with van der Waals surface area (Å²) in [5.41, 5.74) is 6.34. The van der Waals surface area contributed by atoms with E-state index in [2.05, 4.69) is 52.8 Å². The molecular formula is C23H27NaO3S. The summed E-state index contributed by atoms with van der Waals surface area (Å²) in [7, 11) is -4.41. The third-order valence-corrected chi connectivity index (χ3v) is 6.71. The number of hydrogen-bond acceptors (Lipinski definition) is 3. The van der Waals surface area contributed by atoms with Gasteiger partial charge in [-0.3, -0.25) is 0 Å². The van der Waals surface area contributed by atoms with Crippen LogP contribution in [0.3, 0.4) is 0 Å². The van der Waals surface area contributed by atoms with E-state index in [0.29, 0.717) is 0 Å². The van der Waals surface area contributed by atoms with Gasteiger partial charge in [-0.1, -0.05) is 64.1 Å². The molecule has 0 bridgehead atoms. The van der Waals surface area contributed by atoms with Crippen molar-refractivity contribution in [1.82, 2.24) is 0 Å². The van der Waals surface area contributed by atoms with Crippen molar-refractivity contribution >= 4 is 21.8 Å². The van der Waals surface area contributed by atoms with Crippen LogP contribution in [0.1, 0.15) is 69.7 Å². The summed E-state index contributed by atoms with van der Waals surface area (Å²) in [6.45, 7) is 11.3. The number of hydrogen-bond donors (Lipinski definition) is 0. The largest absolute Gasteiger partial charge is 1.00 e. The van der Waals surface area contributed by atoms with Crippen molar-refractivity contribution in [3.63, 3.8) is 0 Å². The first-order chi connectivity index (χ1) is 12.4. The molecule has 0 N–H and O–H groups in total. The molecule has 0 atom stereocenters. The van der Waals surface area contributed by atoms with Gasteiger partial charge in [0.2, 0.25) is 0 Å². The summed E-state index contributed by atoms with van der Waals surface area (Å²) >= 11 is 0. The first kappa shape index (κ1) is 23.4. The Labute approximate surface area is 191 Å². The Hall–Kier alpha value is -0.910. The number of benzene rings is 2. The van der Waals surface area contributed by atoms with Gasteiger partial charge < -0.3 is 4.55 Å². The van der Waals surface area contributed by atoms with E-state index in [1.54, 1.807) is 12.1 Å². The maximum atomic E-state index is 11.1. The average molecular weight is 407 g/mol. The van der Waals surface area contributed by atoms with E-state index in [1.807, 2.05) is 6.08 Å². The van der Waals surface area contributed by atoms with Crippen LogP contribution < -0.4 is 29.6 Å². The van der Waals surface area contributed by atoms with Crippen LogP contribution in [0.25, 0.3) is 11.6 Å². The van der Waals surface area contributed by atoms with Gasteiger partial charge in [0.15, 0.2) is 0 Å². The zero-order valence-electron chi connectivity index (χ0n) is 17.7. The predicted octanol–water partition coefficient (Wildman–Crippen LogP) is 2.50. The molecule has 1 aliphatic rings. The van der Waals surface area contributed by atoms with E-state index < -0.39 is 10.1 Å². The Kier molecular flexibility index (Phi) is 6.74. The Bertz CT molecular complexity index is 1000. The van der Waals surface area contributed by atoms with Gasteiger partial charge >= 0.3 is 29.6 Å². The summed E-state index contributed by atoms with van der Waals surface area (Å²) < 4.78 is 33.2. The predicted molar refractivity (Wildman–Crippen MR) is 110 cm³/mol. The van der Waals surface area contributed by atoms with Crippen LogP contribution in [0.15, 0.2) is 47.4 Å². The molecule has 0 saturated heterocycles. The van der Waals surface area contributed by atoms with Gasteiger partial charge in [0.1, 0.15) is 10.1 Å². The summed E-state index contributed by atoms with van der Waals surface area (Å²) in [5, 5.41) is 0. The molecule has 0 fully saturated rings. The molecule has 0 amide bonds. The van der Waals surface area contributed by atoms with E-state index in [-0.39, 0.29) is 45.3 Å². The molecule has 2 aromatic carbocycles. The minimum Gasteiger partial charge on any atom is -0.744 e. The van der Waals surface area contributed by atoms with E-state index >= 15 is 0 Å². The molecule has 3 nitrogen and oxygen atoms in total. The summed E-state index contributed by atoms with van der Waals surface area (Å²) in [4.78, 5) is -0.199. The molecule has 0 heterocycles. The Morgan fingerprint density at radius 2 is 1.46 bits per heavy atom. The van der Waals surface area contributed by atoms with Crippen LogP contribution in [0.5, 0.6) is 0 Å². The van der Waals surface area contributed by atoms with Gasteiger partial charge in [-0.15, -0.1) is 0 Å². The second kappa shape index (κ2) is 8.08. The van der Waals surface area contributed by atoms with Gasteiger partial charge in [0.05, 0.1) is 4.90 Å². The standard InChI is InChI=1S/C23H28O3S.Na/c1-16(14-17-6-9-19(10-7-17)27(24,25)26)18-8-11-20-21(15-18)23(4,5)13-12-22(20,2)3;/h6-11,14-15H,12-13H2,1-5H3,(H,24,25,26);/q;+1/p-1/b16-14+;. The van der Waals surface area contributed by atoms with Gasteiger partial charge in [0, 0.05) is 0 Å². The Morgan fingerprint density at radius 3 is 2.00 bits per heavy atom. The maximum absolute atomic E-state index is 11.1. The molecule has 144 valence electrons. The molecule has 28 heavy (non-hydrogen) atoms. The van der Waals surface area contributed by atoms with E-state index in [0.717, 1.165) is 11.1 Å². The van der Waals surface area contributed by atoms with Crippen molar-refractivity contribution in [2.75, 3.05) is 0 Å². The average Bonchev–Trinajstić information content (AvgIpc) is 2.58. The Morgan fingerprint density at radius 1 is 0.929 bits per heavy atom. The third-order valence-electron chi connectivity index (χ3n) is 5.86. The molecule has 1 aliphatic carbocycles. The van der Waals surface area contributed by atoms with Crippen LogP contribution in [-0.2, 0) is 20.9 Å². The second-order valence-corrected chi connectivity index (χ2v) is 10.3. The van der Waals surface area contributed by atoms with Gasteiger partial charge in [-0.05, 0) is 70.6 Å². The summed E-state index contributed by atoms with van der Waals surface area (Å²) in [6.07, 6.45) is 4.38. The monoisotopic (exact) mass is 406 g/mol. The molecule has 0 aliphatic heterocycles. The fraction of sp³-hybridized carbons (Fsp3) is 0.391. The third kappa shape index (κ3) is 4.80. The molecule has 0 unspecified atom stereocenters. The van der Waals surface area contributed by atoms with Crippen molar-refractivity contribution in [2.24, 2.45) is 0 Å². The molecule has 2 aromatic rings. The van der Waals surface area contributed by atoms with Crippen LogP contribution in [0.4, 0.5) is 0 Å². The van der Waals surface area contributed by atoms with Crippen molar-refractivity contribution in [3.8, 4) is 0 Å². The van der Waals surface area contributed by atoms with Crippen molar-refractivity contribution in [3.05, 3.63) is 64.7 Å². The fourth-order valence-electron chi connectivity index (χ4n) is 3.90. The van der Waals surface area contributed by atoms with Crippen molar-refractivity contribution in [1.29, 1.82) is 0 Å². The van der Waals surface area contributed by atoms with Gasteiger partial charge in [0.25, 0.3) is 0 Å². The quantitative estimate of drug-likeness (QED) is 0.447. The van der Waals surface area contributed by atoms with E-state index in [4.69, 9.17) is 0 Å². The normalized spacial score (nSPS) is 18.1. The van der Waals surface area contributed by atoms with Gasteiger partial charge in [-0.25, -0.2) is 8.42 Å². The maximum Gasteiger partial charge on any atom is 1.00 e. The fourth-order valence-corrected chi connectivity index (χ4v) is 4.37. The van der Waals surface area contributed by atoms with Gasteiger partial charge in [-0.2, -0.15) is 0 Å². The van der Waals surface area contributed by atoms with E-state index in [1.165, 1.54) is 41.7 Å².